The lowest BCUT2D eigenvalue weighted by atomic mass is 9.88. The zero-order valence-electron chi connectivity index (χ0n) is 86.3. The summed E-state index contributed by atoms with van der Waals surface area (Å²) in [5.41, 5.74) is 18.5. The van der Waals surface area contributed by atoms with Crippen molar-refractivity contribution in [1.29, 1.82) is 0 Å². The van der Waals surface area contributed by atoms with E-state index in [1.807, 2.05) is 164 Å². The smallest absolute Gasteiger partial charge is 0.159 e. The van der Waals surface area contributed by atoms with Crippen LogP contribution in [0.4, 0.5) is 0 Å². The Morgan fingerprint density at radius 3 is 1.12 bits per heavy atom. The zero-order chi connectivity index (χ0) is 98.8. The van der Waals surface area contributed by atoms with E-state index in [4.69, 9.17) is 0 Å². The van der Waals surface area contributed by atoms with E-state index >= 15 is 0 Å². The van der Waals surface area contributed by atoms with E-state index in [0.717, 1.165) is 62.6 Å². The van der Waals surface area contributed by atoms with Gasteiger partial charge in [-0.2, -0.15) is 15.3 Å². The Morgan fingerprint density at radius 2 is 0.697 bits per heavy atom. The van der Waals surface area contributed by atoms with Crippen LogP contribution in [-0.2, 0) is 65.0 Å². The van der Waals surface area contributed by atoms with Crippen molar-refractivity contribution in [1.82, 2.24) is 113 Å². The van der Waals surface area contributed by atoms with Crippen LogP contribution in [0.2, 0.25) is 0 Å². The molecule has 0 aromatic carbocycles. The van der Waals surface area contributed by atoms with Crippen LogP contribution >= 0.6 is 0 Å². The topological polar surface area (TPSA) is 263 Å². The summed E-state index contributed by atoms with van der Waals surface area (Å²) in [4.78, 5) is 66.2. The van der Waals surface area contributed by atoms with Crippen LogP contribution in [0.3, 0.4) is 0 Å². The van der Waals surface area contributed by atoms with Crippen molar-refractivity contribution in [3.63, 3.8) is 0 Å². The van der Waals surface area contributed by atoms with Gasteiger partial charge in [-0.15, -0.1) is 0 Å². The van der Waals surface area contributed by atoms with Gasteiger partial charge in [0.05, 0.1) is 34.0 Å². The first-order chi connectivity index (χ1) is 61.2. The molecule has 0 bridgehead atoms. The normalized spacial score (nSPS) is 11.8. The maximum Gasteiger partial charge on any atom is 0.159 e. The van der Waals surface area contributed by atoms with Crippen LogP contribution in [0.15, 0.2) is 277 Å². The second kappa shape index (κ2) is 48.6. The first kappa shape index (κ1) is 110. The molecule has 0 amide bonds. The third-order valence-corrected chi connectivity index (χ3v) is 19.6. The SMILES string of the molecule is CC(C)(C)c1ccc2nccn2n1.CC(C)(C)c1ccccn1.CC(C)(C)c1cccn2ccnc12.CC(C)(C)c1cccnc1.CC(C)(C)c1cccnn1.CC(C)(C)c1ccncc1.CC(C)(C)c1ccncn1.CC(C)(C)c1cnccn1.CC(C)(C)c1cncnc1.CC(C)(C)c1ncccn1.CC(C)(C)c1nccn2cccc12.CC(C)(C)c1nccn2ccnc12. The molecule has 16 aromatic rings. The molecule has 23 nitrogen and oxygen atoms in total. The Balaban J connectivity index is 0.000000255. The predicted molar refractivity (Wildman–Crippen MR) is 544 cm³/mol. The van der Waals surface area contributed by atoms with Gasteiger partial charge in [0.2, 0.25) is 0 Å². The summed E-state index contributed by atoms with van der Waals surface area (Å²) in [5.74, 6) is 0.898. The van der Waals surface area contributed by atoms with Gasteiger partial charge >= 0.3 is 0 Å². The van der Waals surface area contributed by atoms with Gasteiger partial charge in [0.15, 0.2) is 11.3 Å². The summed E-state index contributed by atoms with van der Waals surface area (Å²) in [6, 6.07) is 34.3. The summed E-state index contributed by atoms with van der Waals surface area (Å²) in [6.07, 6.45) is 51.1. The Hall–Kier alpha value is -12.5. The molecule has 0 fully saturated rings. The highest BCUT2D eigenvalue weighted by Crippen LogP contribution is 2.30. The van der Waals surface area contributed by atoms with E-state index in [-0.39, 0.29) is 65.0 Å². The third kappa shape index (κ3) is 38.9. The standard InChI is InChI=1S/2C11H14N2.2C10H13N3.3C9H13N.5C8H12N2/c1-11(2,3)10-9-5-4-7-13(9)8-6-12-10;1-11(2,3)9-5-4-7-13-8-6-12-10(9)13;1-10(2,3)8-9-12-5-7-13(9)6-4-11-8;1-10(2,3)8-4-5-9-11-6-7-13(9)12-8;1-9(2,3)8-4-6-10-7-5-8;1-9(2,3)8-5-4-6-10-7-8;1-9(2,3)8-6-4-5-7-10-8;1-8(2,3)7-4-9-6-10-5-7;1-8(2,3)7-6-9-4-5-10-7;1-8(2,3)7-4-5-9-6-10-7;1-8(2,3)7-9-5-4-6-10-7;1-8(2,3)7-5-4-6-9-10-7/h2*4-8H,1-3H3;2*4-7H,1-3H3;3*4-7H,1-3H3;5*4-6H,1-3H3. The van der Waals surface area contributed by atoms with Crippen molar-refractivity contribution in [3.05, 3.63) is 345 Å². The highest BCUT2D eigenvalue weighted by molar-refractivity contribution is 5.55. The molecule has 0 spiro atoms. The molecule has 0 aliphatic carbocycles. The van der Waals surface area contributed by atoms with Crippen molar-refractivity contribution < 1.29 is 0 Å². The van der Waals surface area contributed by atoms with Crippen molar-refractivity contribution >= 4 is 22.5 Å². The second-order valence-corrected chi connectivity index (χ2v) is 44.2. The van der Waals surface area contributed by atoms with E-state index in [9.17, 15) is 0 Å². The van der Waals surface area contributed by atoms with Crippen molar-refractivity contribution in [3.8, 4) is 0 Å². The van der Waals surface area contributed by atoms with Crippen LogP contribution < -0.4 is 0 Å². The molecule has 0 radical (unpaired) electrons. The molecule has 16 aromatic heterocycles. The minimum absolute atomic E-state index is 0.0495. The minimum atomic E-state index is 0.0495. The summed E-state index contributed by atoms with van der Waals surface area (Å²) >= 11 is 0. The average molecular weight is 1790 g/mol. The predicted octanol–water partition coefficient (Wildman–Crippen LogP) is 25.3. The monoisotopic (exact) mass is 1780 g/mol. The number of rotatable bonds is 0. The van der Waals surface area contributed by atoms with Crippen molar-refractivity contribution in [2.75, 3.05) is 0 Å². The molecular formula is C109H153N23. The fourth-order valence-corrected chi connectivity index (χ4v) is 11.6. The molecule has 0 atom stereocenters. The molecule has 0 unspecified atom stereocenters. The summed E-state index contributed by atoms with van der Waals surface area (Å²) in [5, 5.41) is 12.3. The first-order valence-corrected chi connectivity index (χ1v) is 45.2. The minimum Gasteiger partial charge on any atom is -0.321 e. The molecule has 0 saturated carbocycles. The van der Waals surface area contributed by atoms with Crippen LogP contribution in [0.1, 0.15) is 317 Å². The fraction of sp³-hybridized carbons (Fsp3) is 0.440. The molecule has 0 saturated heterocycles. The average Bonchev–Trinajstić information content (AvgIpc) is 1.62. The Labute approximate surface area is 789 Å². The van der Waals surface area contributed by atoms with Gasteiger partial charge in [0.25, 0.3) is 0 Å². The molecule has 16 rings (SSSR count). The van der Waals surface area contributed by atoms with Gasteiger partial charge in [0, 0.05) is 221 Å². The fourth-order valence-electron chi connectivity index (χ4n) is 11.6. The lowest BCUT2D eigenvalue weighted by molar-refractivity contribution is 0.545. The first-order valence-electron chi connectivity index (χ1n) is 45.2. The highest BCUT2D eigenvalue weighted by atomic mass is 15.2. The third-order valence-electron chi connectivity index (χ3n) is 19.6. The number of fused-ring (bicyclic) bond motifs is 4. The molecule has 23 heteroatoms. The number of hydrogen-bond donors (Lipinski definition) is 0. The van der Waals surface area contributed by atoms with E-state index in [1.165, 1.54) is 27.8 Å². The summed E-state index contributed by atoms with van der Waals surface area (Å²) < 4.78 is 7.96. The number of hydrogen-bond acceptors (Lipinski definition) is 19. The van der Waals surface area contributed by atoms with Gasteiger partial charge in [-0.1, -0.05) is 267 Å². The molecule has 0 N–H and O–H groups in total. The van der Waals surface area contributed by atoms with E-state index in [0.29, 0.717) is 0 Å². The van der Waals surface area contributed by atoms with Crippen LogP contribution in [0.5, 0.6) is 0 Å². The molecule has 0 aliphatic rings. The van der Waals surface area contributed by atoms with Gasteiger partial charge in [-0.05, 0) is 123 Å². The Kier molecular flexibility index (Phi) is 40.5. The van der Waals surface area contributed by atoms with Crippen LogP contribution in [0.25, 0.3) is 22.5 Å². The Bertz CT molecular complexity index is 5060. The van der Waals surface area contributed by atoms with Crippen LogP contribution in [0, 0.1) is 0 Å². The Morgan fingerprint density at radius 1 is 0.220 bits per heavy atom. The molecule has 0 aliphatic heterocycles. The van der Waals surface area contributed by atoms with Crippen molar-refractivity contribution in [2.24, 2.45) is 0 Å². The van der Waals surface area contributed by atoms with Gasteiger partial charge in [0.1, 0.15) is 24.1 Å². The number of aromatic nitrogens is 23. The number of nitrogens with zero attached hydrogens (tertiary/aromatic N) is 23. The number of pyridine rings is 4. The maximum absolute atomic E-state index is 4.46. The second-order valence-electron chi connectivity index (χ2n) is 44.2. The lowest BCUT2D eigenvalue weighted by Gasteiger charge is -2.19. The molecular weight excluding hydrogens is 1630 g/mol. The molecule has 704 valence electrons. The van der Waals surface area contributed by atoms with Gasteiger partial charge in [-0.25, -0.2) is 49.4 Å². The van der Waals surface area contributed by atoms with E-state index < -0.39 is 0 Å². The molecule has 16 heterocycles. The van der Waals surface area contributed by atoms with Gasteiger partial charge in [-0.3, -0.25) is 34.9 Å². The highest BCUT2D eigenvalue weighted by Gasteiger charge is 2.24. The number of imidazole rings is 3. The summed E-state index contributed by atoms with van der Waals surface area (Å²) in [6.45, 7) is 77.5. The van der Waals surface area contributed by atoms with E-state index in [2.05, 4.69) is 396 Å². The summed E-state index contributed by atoms with van der Waals surface area (Å²) in [7, 11) is 0. The van der Waals surface area contributed by atoms with Gasteiger partial charge < -0.3 is 13.2 Å². The largest absolute Gasteiger partial charge is 0.321 e. The quantitative estimate of drug-likeness (QED) is 0.137. The van der Waals surface area contributed by atoms with Crippen LogP contribution in [-0.4, -0.2) is 113 Å². The molecule has 132 heavy (non-hydrogen) atoms. The zero-order valence-corrected chi connectivity index (χ0v) is 86.3. The van der Waals surface area contributed by atoms with E-state index in [1.54, 1.807) is 79.1 Å². The maximum atomic E-state index is 4.46. The van der Waals surface area contributed by atoms with Crippen molar-refractivity contribution in [2.45, 2.75) is 314 Å². The lowest BCUT2D eigenvalue weighted by Crippen LogP contribution is -2.15.